The highest BCUT2D eigenvalue weighted by Gasteiger charge is 2.32. The number of carbonyl (C=O) groups is 2. The number of rotatable bonds is 11. The number of piperidine rings is 1. The van der Waals surface area contributed by atoms with Gasteiger partial charge in [0.05, 0.1) is 16.1 Å². The average Bonchev–Trinajstić information content (AvgIpc) is 3.19. The van der Waals surface area contributed by atoms with E-state index in [4.69, 9.17) is 23.2 Å². The zero-order chi connectivity index (χ0) is 30.0. The summed E-state index contributed by atoms with van der Waals surface area (Å²) in [6.07, 6.45) is 6.30. The first-order valence-corrected chi connectivity index (χ1v) is 16.3. The Labute approximate surface area is 265 Å². The number of benzene rings is 3. The van der Waals surface area contributed by atoms with Crippen molar-refractivity contribution in [2.75, 3.05) is 39.3 Å². The van der Waals surface area contributed by atoms with E-state index < -0.39 is 0 Å². The lowest BCUT2D eigenvalue weighted by molar-refractivity contribution is -0.133. The Morgan fingerprint density at radius 2 is 1.56 bits per heavy atom. The number of halogens is 2. The van der Waals surface area contributed by atoms with E-state index >= 15 is 0 Å². The molecule has 2 N–H and O–H groups in total. The van der Waals surface area contributed by atoms with Crippen molar-refractivity contribution in [1.82, 2.24) is 20.4 Å². The highest BCUT2D eigenvalue weighted by Crippen LogP contribution is 2.27. The van der Waals surface area contributed by atoms with Gasteiger partial charge in [-0.2, -0.15) is 0 Å². The zero-order valence-electron chi connectivity index (χ0n) is 24.7. The fourth-order valence-electron chi connectivity index (χ4n) is 6.28. The van der Waals surface area contributed by atoms with E-state index in [1.165, 1.54) is 30.4 Å². The number of carbonyl (C=O) groups excluding carboxylic acids is 2. The summed E-state index contributed by atoms with van der Waals surface area (Å²) < 4.78 is 0. The van der Waals surface area contributed by atoms with Crippen LogP contribution in [-0.4, -0.2) is 73.0 Å². The summed E-state index contributed by atoms with van der Waals surface area (Å²) in [5.74, 6) is 0.0164. The lowest BCUT2D eigenvalue weighted by Gasteiger charge is -2.30. The zero-order valence-corrected chi connectivity index (χ0v) is 26.2. The average molecular weight is 622 g/mol. The number of amides is 2. The lowest BCUT2D eigenvalue weighted by Crippen LogP contribution is -2.49. The van der Waals surface area contributed by atoms with Gasteiger partial charge in [0.15, 0.2) is 0 Å². The molecule has 0 bridgehead atoms. The third kappa shape index (κ3) is 8.82. The van der Waals surface area contributed by atoms with Crippen LogP contribution in [0.25, 0.3) is 0 Å². The van der Waals surface area contributed by atoms with Crippen LogP contribution in [0.1, 0.15) is 65.9 Å². The van der Waals surface area contributed by atoms with Gasteiger partial charge in [-0.3, -0.25) is 9.59 Å². The summed E-state index contributed by atoms with van der Waals surface area (Å²) in [6, 6.07) is 25.5. The fraction of sp³-hybridized carbons (Fsp3) is 0.429. The molecular weight excluding hydrogens is 579 g/mol. The van der Waals surface area contributed by atoms with E-state index in [-0.39, 0.29) is 29.8 Å². The maximum absolute atomic E-state index is 14.1. The first kappa shape index (κ1) is 31.5. The third-order valence-corrected chi connectivity index (χ3v) is 9.45. The summed E-state index contributed by atoms with van der Waals surface area (Å²) in [5.41, 5.74) is 2.86. The predicted molar refractivity (Wildman–Crippen MR) is 175 cm³/mol. The van der Waals surface area contributed by atoms with Crippen LogP contribution >= 0.6 is 23.2 Å². The Kier molecular flexibility index (Phi) is 11.5. The maximum atomic E-state index is 14.1. The van der Waals surface area contributed by atoms with Crippen molar-refractivity contribution in [3.05, 3.63) is 106 Å². The molecule has 2 heterocycles. The molecule has 6 nitrogen and oxygen atoms in total. The Bertz CT molecular complexity index is 1290. The molecule has 2 fully saturated rings. The molecule has 2 atom stereocenters. The van der Waals surface area contributed by atoms with E-state index in [1.807, 2.05) is 17.0 Å². The summed E-state index contributed by atoms with van der Waals surface area (Å²) in [7, 11) is 0. The van der Waals surface area contributed by atoms with Gasteiger partial charge in [-0.15, -0.1) is 0 Å². The highest BCUT2D eigenvalue weighted by molar-refractivity contribution is 6.42. The number of hydrogen-bond donors (Lipinski definition) is 2. The van der Waals surface area contributed by atoms with Crippen LogP contribution in [0.3, 0.4) is 0 Å². The van der Waals surface area contributed by atoms with Gasteiger partial charge >= 0.3 is 0 Å². The molecular formula is C35H42Cl2N4O2. The summed E-state index contributed by atoms with van der Waals surface area (Å²) in [6.45, 7) is 4.97. The molecule has 2 aliphatic heterocycles. The predicted octanol–water partition coefficient (Wildman–Crippen LogP) is 6.38. The van der Waals surface area contributed by atoms with E-state index in [0.717, 1.165) is 38.9 Å². The van der Waals surface area contributed by atoms with Crippen LogP contribution < -0.4 is 10.6 Å². The summed E-state index contributed by atoms with van der Waals surface area (Å²) in [4.78, 5) is 31.6. The molecule has 5 rings (SSSR count). The minimum atomic E-state index is -0.300. The van der Waals surface area contributed by atoms with Gasteiger partial charge in [0.2, 0.25) is 5.91 Å². The monoisotopic (exact) mass is 620 g/mol. The van der Waals surface area contributed by atoms with Gasteiger partial charge in [0.1, 0.15) is 0 Å². The minimum absolute atomic E-state index is 0.0347. The molecule has 8 heteroatoms. The smallest absolute Gasteiger partial charge is 0.251 e. The summed E-state index contributed by atoms with van der Waals surface area (Å²) >= 11 is 12.2. The Morgan fingerprint density at radius 3 is 2.21 bits per heavy atom. The number of nitrogens with one attached hydrogen (secondary N) is 2. The fourth-order valence-corrected chi connectivity index (χ4v) is 6.58. The van der Waals surface area contributed by atoms with Gasteiger partial charge in [0.25, 0.3) is 5.91 Å². The summed E-state index contributed by atoms with van der Waals surface area (Å²) in [5, 5.41) is 7.46. The lowest BCUT2D eigenvalue weighted by atomic mass is 9.90. The van der Waals surface area contributed by atoms with Crippen LogP contribution in [0.4, 0.5) is 0 Å². The van der Waals surface area contributed by atoms with Crippen LogP contribution in [-0.2, 0) is 4.79 Å². The number of hydrogen-bond acceptors (Lipinski definition) is 4. The van der Waals surface area contributed by atoms with Gasteiger partial charge in [-0.25, -0.2) is 0 Å². The quantitative estimate of drug-likeness (QED) is 0.261. The first-order valence-electron chi connectivity index (χ1n) is 15.6. The molecule has 2 saturated heterocycles. The highest BCUT2D eigenvalue weighted by atomic mass is 35.5. The standard InChI is InChI=1S/C35H42Cl2N4O2/c36-31-17-16-28(23-32(31)37)34(42)38-24-29-18-22-41(35(43)33(39-29)15-10-21-40-19-8-3-9-20-40)25-30(26-11-4-1-5-12-26)27-13-6-2-7-14-27/h1-2,4-7,11-14,16-17,23,29-30,33,39H,3,8-10,15,18-22,24-25H2,(H,38,42)/t29-,33-/m0/s1. The molecule has 0 radical (unpaired) electrons. The molecule has 0 aliphatic carbocycles. The van der Waals surface area contributed by atoms with Gasteiger partial charge in [-0.05, 0) is 81.1 Å². The number of likely N-dealkylation sites (tertiary alicyclic amines) is 1. The second kappa shape index (κ2) is 15.7. The SMILES string of the molecule is O=C(NC[C@@H]1CCN(CC(c2ccccc2)c2ccccc2)C(=O)[C@H](CCCN2CCCCC2)N1)c1ccc(Cl)c(Cl)c1. The Hall–Kier alpha value is -2.90. The van der Waals surface area contributed by atoms with Gasteiger partial charge in [0, 0.05) is 37.2 Å². The van der Waals surface area contributed by atoms with Crippen LogP contribution in [0.2, 0.25) is 10.0 Å². The minimum Gasteiger partial charge on any atom is -0.350 e. The topological polar surface area (TPSA) is 64.7 Å². The molecule has 3 aromatic rings. The Morgan fingerprint density at radius 1 is 0.884 bits per heavy atom. The maximum Gasteiger partial charge on any atom is 0.251 e. The third-order valence-electron chi connectivity index (χ3n) is 8.71. The van der Waals surface area contributed by atoms with Crippen molar-refractivity contribution in [3.63, 3.8) is 0 Å². The molecule has 228 valence electrons. The molecule has 3 aromatic carbocycles. The van der Waals surface area contributed by atoms with E-state index in [9.17, 15) is 9.59 Å². The molecule has 0 spiro atoms. The first-order chi connectivity index (χ1) is 21.0. The molecule has 43 heavy (non-hydrogen) atoms. The molecule has 0 unspecified atom stereocenters. The second-order valence-electron chi connectivity index (χ2n) is 11.7. The van der Waals surface area contributed by atoms with Gasteiger partial charge < -0.3 is 20.4 Å². The Balaban J connectivity index is 1.30. The molecule has 2 aliphatic rings. The molecule has 0 aromatic heterocycles. The second-order valence-corrected chi connectivity index (χ2v) is 12.6. The van der Waals surface area contributed by atoms with Crippen molar-refractivity contribution in [2.24, 2.45) is 0 Å². The van der Waals surface area contributed by atoms with Gasteiger partial charge in [-0.1, -0.05) is 90.3 Å². The van der Waals surface area contributed by atoms with Crippen molar-refractivity contribution in [1.29, 1.82) is 0 Å². The van der Waals surface area contributed by atoms with Crippen molar-refractivity contribution in [3.8, 4) is 0 Å². The van der Waals surface area contributed by atoms with Crippen molar-refractivity contribution < 1.29 is 9.59 Å². The molecule has 2 amide bonds. The van der Waals surface area contributed by atoms with E-state index in [2.05, 4.69) is 64.1 Å². The normalized spacial score (nSPS) is 19.8. The number of nitrogens with zero attached hydrogens (tertiary/aromatic N) is 2. The van der Waals surface area contributed by atoms with Crippen molar-refractivity contribution >= 4 is 35.0 Å². The van der Waals surface area contributed by atoms with E-state index in [1.54, 1.807) is 18.2 Å². The van der Waals surface area contributed by atoms with Crippen LogP contribution in [0, 0.1) is 0 Å². The van der Waals surface area contributed by atoms with Crippen LogP contribution in [0.5, 0.6) is 0 Å². The largest absolute Gasteiger partial charge is 0.350 e. The molecule has 0 saturated carbocycles. The van der Waals surface area contributed by atoms with Crippen LogP contribution in [0.15, 0.2) is 78.9 Å². The van der Waals surface area contributed by atoms with E-state index in [0.29, 0.717) is 35.2 Å². The van der Waals surface area contributed by atoms with Crippen molar-refractivity contribution in [2.45, 2.75) is 56.5 Å².